The zero-order chi connectivity index (χ0) is 6.69. The maximum Gasteiger partial charge on any atom is 0.139 e. The first kappa shape index (κ1) is 5.84. The van der Waals surface area contributed by atoms with Crippen LogP contribution in [0.3, 0.4) is 0 Å². The maximum absolute atomic E-state index is 12.4. The fraction of sp³-hybridized carbons (Fsp3) is 0. The van der Waals surface area contributed by atoms with Crippen LogP contribution in [-0.4, -0.2) is 0 Å². The lowest BCUT2D eigenvalue weighted by molar-refractivity contribution is 0.624. The summed E-state index contributed by atoms with van der Waals surface area (Å²) in [5.74, 6) is 1.78. The van der Waals surface area contributed by atoms with Gasteiger partial charge < -0.3 is 0 Å². The molecule has 0 aliphatic heterocycles. The van der Waals surface area contributed by atoms with Crippen LogP contribution in [-0.2, 0) is 0 Å². The number of halogens is 1. The Labute approximate surface area is 53.3 Å². The topological polar surface area (TPSA) is 0 Å². The lowest BCUT2D eigenvalue weighted by Gasteiger charge is -1.88. The summed E-state index contributed by atoms with van der Waals surface area (Å²) in [4.78, 5) is 0. The van der Waals surface area contributed by atoms with Crippen molar-refractivity contribution in [3.63, 3.8) is 0 Å². The summed E-state index contributed by atoms with van der Waals surface area (Å²) in [6.45, 7) is 0. The van der Waals surface area contributed by atoms with Gasteiger partial charge in [-0.15, -0.1) is 6.42 Å². The van der Waals surface area contributed by atoms with Crippen LogP contribution in [0.4, 0.5) is 4.39 Å². The number of hydrogen-bond donors (Lipinski definition) is 0. The first-order valence-electron chi connectivity index (χ1n) is 2.47. The van der Waals surface area contributed by atoms with Crippen LogP contribution in [0.25, 0.3) is 0 Å². The van der Waals surface area contributed by atoms with E-state index in [1.807, 2.05) is 0 Å². The second kappa shape index (κ2) is 2.32. The van der Waals surface area contributed by atoms with E-state index in [9.17, 15) is 4.39 Å². The van der Waals surface area contributed by atoms with Crippen molar-refractivity contribution >= 4 is 0 Å². The smallest absolute Gasteiger partial charge is 0.139 e. The molecular weight excluding hydrogens is 115 g/mol. The lowest BCUT2D eigenvalue weighted by atomic mass is 10.2. The molecule has 0 heterocycles. The maximum atomic E-state index is 12.4. The molecule has 0 saturated heterocycles. The van der Waals surface area contributed by atoms with Crippen molar-refractivity contribution in [1.29, 1.82) is 0 Å². The molecule has 1 rings (SSSR count). The fourth-order valence-electron chi connectivity index (χ4n) is 0.527. The van der Waals surface area contributed by atoms with Gasteiger partial charge in [0.05, 0.1) is 5.56 Å². The Kier molecular flexibility index (Phi) is 1.51. The van der Waals surface area contributed by atoms with Crippen molar-refractivity contribution < 1.29 is 4.39 Å². The second-order valence-corrected chi connectivity index (χ2v) is 1.54. The van der Waals surface area contributed by atoms with Crippen molar-refractivity contribution in [2.75, 3.05) is 0 Å². The molecule has 43 valence electrons. The van der Waals surface area contributed by atoms with Crippen LogP contribution in [0.2, 0.25) is 0 Å². The molecule has 0 atom stereocenters. The van der Waals surface area contributed by atoms with Gasteiger partial charge in [-0.2, -0.15) is 0 Å². The Morgan fingerprint density at radius 2 is 2.44 bits per heavy atom. The SMILES string of the molecule is C#Cc1[c]cccc1F. The minimum Gasteiger partial charge on any atom is -0.206 e. The number of rotatable bonds is 0. The third kappa shape index (κ3) is 1.09. The van der Waals surface area contributed by atoms with Crippen molar-refractivity contribution in [1.82, 2.24) is 0 Å². The monoisotopic (exact) mass is 119 g/mol. The molecule has 0 fully saturated rings. The molecule has 0 aromatic heterocycles. The summed E-state index contributed by atoms with van der Waals surface area (Å²) in [5.41, 5.74) is 0.192. The van der Waals surface area contributed by atoms with E-state index in [4.69, 9.17) is 6.42 Å². The van der Waals surface area contributed by atoms with E-state index in [2.05, 4.69) is 12.0 Å². The zero-order valence-electron chi connectivity index (χ0n) is 4.69. The summed E-state index contributed by atoms with van der Waals surface area (Å²) in [7, 11) is 0. The number of benzene rings is 1. The lowest BCUT2D eigenvalue weighted by Crippen LogP contribution is -1.79. The molecule has 1 heteroatoms. The third-order valence-corrected chi connectivity index (χ3v) is 0.950. The molecule has 0 aliphatic carbocycles. The summed E-state index contributed by atoms with van der Waals surface area (Å²) in [6, 6.07) is 7.02. The zero-order valence-corrected chi connectivity index (χ0v) is 4.69. The number of terminal acetylenes is 1. The van der Waals surface area contributed by atoms with Crippen molar-refractivity contribution in [3.8, 4) is 12.3 Å². The van der Waals surface area contributed by atoms with Crippen LogP contribution >= 0.6 is 0 Å². The molecule has 0 unspecified atom stereocenters. The Bertz CT molecular complexity index is 245. The molecule has 0 amide bonds. The van der Waals surface area contributed by atoms with Crippen LogP contribution in [0.15, 0.2) is 18.2 Å². The van der Waals surface area contributed by atoms with Gasteiger partial charge in [0.15, 0.2) is 0 Å². The molecular formula is C8H4F. The van der Waals surface area contributed by atoms with Crippen molar-refractivity contribution in [2.45, 2.75) is 0 Å². The quantitative estimate of drug-likeness (QED) is 0.455. The van der Waals surface area contributed by atoms with Crippen LogP contribution in [0, 0.1) is 24.2 Å². The van der Waals surface area contributed by atoms with Gasteiger partial charge in [-0.1, -0.05) is 18.1 Å². The third-order valence-electron chi connectivity index (χ3n) is 0.950. The molecule has 1 radical (unpaired) electrons. The van der Waals surface area contributed by atoms with Gasteiger partial charge in [0.1, 0.15) is 5.82 Å². The van der Waals surface area contributed by atoms with Gasteiger partial charge in [-0.05, 0) is 6.07 Å². The summed E-state index contributed by atoms with van der Waals surface area (Å²) in [5, 5.41) is 0. The van der Waals surface area contributed by atoms with E-state index in [1.54, 1.807) is 12.1 Å². The molecule has 9 heavy (non-hydrogen) atoms. The molecule has 0 spiro atoms. The fourth-order valence-corrected chi connectivity index (χ4v) is 0.527. The highest BCUT2D eigenvalue weighted by atomic mass is 19.1. The van der Waals surface area contributed by atoms with Gasteiger partial charge in [0.2, 0.25) is 0 Å². The van der Waals surface area contributed by atoms with E-state index in [0.29, 0.717) is 0 Å². The van der Waals surface area contributed by atoms with Gasteiger partial charge >= 0.3 is 0 Å². The van der Waals surface area contributed by atoms with Crippen LogP contribution in [0.5, 0.6) is 0 Å². The van der Waals surface area contributed by atoms with E-state index in [1.165, 1.54) is 6.07 Å². The Balaban J connectivity index is 3.20. The average molecular weight is 119 g/mol. The summed E-state index contributed by atoms with van der Waals surface area (Å²) in [6.07, 6.45) is 4.93. The minimum absolute atomic E-state index is 0.192. The minimum atomic E-state index is -0.389. The second-order valence-electron chi connectivity index (χ2n) is 1.54. The Hall–Kier alpha value is -1.29. The van der Waals surface area contributed by atoms with Crippen LogP contribution < -0.4 is 0 Å². The van der Waals surface area contributed by atoms with E-state index >= 15 is 0 Å². The predicted octanol–water partition coefficient (Wildman–Crippen LogP) is 1.61. The highest BCUT2D eigenvalue weighted by Crippen LogP contribution is 2.01. The van der Waals surface area contributed by atoms with Crippen LogP contribution in [0.1, 0.15) is 5.56 Å². The van der Waals surface area contributed by atoms with Crippen molar-refractivity contribution in [3.05, 3.63) is 35.6 Å². The van der Waals surface area contributed by atoms with E-state index in [0.717, 1.165) is 0 Å². The van der Waals surface area contributed by atoms with Gasteiger partial charge in [-0.25, -0.2) is 4.39 Å². The molecule has 0 bridgehead atoms. The molecule has 0 nitrogen and oxygen atoms in total. The normalized spacial score (nSPS) is 8.44. The first-order valence-corrected chi connectivity index (χ1v) is 2.47. The Morgan fingerprint density at radius 3 is 2.89 bits per heavy atom. The molecule has 0 aliphatic rings. The largest absolute Gasteiger partial charge is 0.206 e. The van der Waals surface area contributed by atoms with Crippen molar-refractivity contribution in [2.24, 2.45) is 0 Å². The highest BCUT2D eigenvalue weighted by molar-refractivity contribution is 5.31. The van der Waals surface area contributed by atoms with Gasteiger partial charge in [-0.3, -0.25) is 0 Å². The highest BCUT2D eigenvalue weighted by Gasteiger charge is 1.92. The van der Waals surface area contributed by atoms with E-state index < -0.39 is 0 Å². The average Bonchev–Trinajstić information content (AvgIpc) is 1.89. The first-order chi connectivity index (χ1) is 4.34. The van der Waals surface area contributed by atoms with Gasteiger partial charge in [0, 0.05) is 6.07 Å². The molecule has 0 N–H and O–H groups in total. The summed E-state index contributed by atoms with van der Waals surface area (Å²) < 4.78 is 12.4. The molecule has 1 aromatic carbocycles. The summed E-state index contributed by atoms with van der Waals surface area (Å²) >= 11 is 0. The van der Waals surface area contributed by atoms with Gasteiger partial charge in [0.25, 0.3) is 0 Å². The molecule has 0 saturated carbocycles. The standard InChI is InChI=1S/C8H4F/c1-2-7-5-3-4-6-8(7)9/h1,3-4,6H. The number of hydrogen-bond acceptors (Lipinski definition) is 0. The van der Waals surface area contributed by atoms with E-state index in [-0.39, 0.29) is 11.4 Å². The predicted molar refractivity (Wildman–Crippen MR) is 33.2 cm³/mol. The Morgan fingerprint density at radius 1 is 1.67 bits per heavy atom. The molecule has 1 aromatic rings.